The maximum Gasteiger partial charge on any atom is 0.254 e. The average molecular weight is 450 g/mol. The van der Waals surface area contributed by atoms with Crippen molar-refractivity contribution in [3.63, 3.8) is 0 Å². The summed E-state index contributed by atoms with van der Waals surface area (Å²) >= 11 is 0. The molecule has 3 fully saturated rings. The van der Waals surface area contributed by atoms with Gasteiger partial charge in [0.2, 0.25) is 0 Å². The maximum atomic E-state index is 13.0. The summed E-state index contributed by atoms with van der Waals surface area (Å²) in [5, 5.41) is 16.8. The largest absolute Gasteiger partial charge is 0.390 e. The number of rotatable bonds is 5. The Morgan fingerprint density at radius 2 is 1.85 bits per heavy atom. The van der Waals surface area contributed by atoms with E-state index in [-0.39, 0.29) is 36.5 Å². The number of aliphatic hydroxyl groups is 1. The van der Waals surface area contributed by atoms with Crippen LogP contribution in [0.3, 0.4) is 0 Å². The van der Waals surface area contributed by atoms with Crippen LogP contribution in [0.5, 0.6) is 0 Å². The number of morpholine rings is 1. The zero-order valence-electron chi connectivity index (χ0n) is 18.7. The monoisotopic (exact) mass is 449 g/mol. The van der Waals surface area contributed by atoms with Gasteiger partial charge < -0.3 is 25.4 Å². The van der Waals surface area contributed by atoms with Crippen molar-refractivity contribution in [2.75, 3.05) is 19.7 Å². The third-order valence-electron chi connectivity index (χ3n) is 7.13. The molecule has 33 heavy (non-hydrogen) atoms. The first-order chi connectivity index (χ1) is 16.1. The first kappa shape index (κ1) is 22.1. The number of amides is 2. The number of aliphatic hydroxyl groups excluding tert-OH is 1. The van der Waals surface area contributed by atoms with Gasteiger partial charge in [-0.3, -0.25) is 9.59 Å². The van der Waals surface area contributed by atoms with E-state index >= 15 is 0 Å². The highest BCUT2D eigenvalue weighted by Crippen LogP contribution is 2.26. The predicted octanol–water partition coefficient (Wildman–Crippen LogP) is 1.89. The minimum absolute atomic E-state index is 0.00114. The SMILES string of the molecule is O=C(NC[C@@H](O)[C@@H]1Cc2ccccc2CN1)c1ccc(C(=O)N2CC3CCCC2CO3)cc1. The summed E-state index contributed by atoms with van der Waals surface area (Å²) in [5.74, 6) is -0.257. The smallest absolute Gasteiger partial charge is 0.254 e. The van der Waals surface area contributed by atoms with Crippen molar-refractivity contribution in [1.82, 2.24) is 15.5 Å². The van der Waals surface area contributed by atoms with E-state index in [1.54, 1.807) is 24.3 Å². The minimum atomic E-state index is -0.691. The van der Waals surface area contributed by atoms with Crippen LogP contribution in [-0.2, 0) is 17.7 Å². The van der Waals surface area contributed by atoms with E-state index in [9.17, 15) is 14.7 Å². The molecule has 0 aromatic heterocycles. The molecule has 0 spiro atoms. The second-order valence-corrected chi connectivity index (χ2v) is 9.31. The molecule has 4 aliphatic rings. The van der Waals surface area contributed by atoms with Gasteiger partial charge in [0.15, 0.2) is 0 Å². The van der Waals surface area contributed by atoms with Crippen molar-refractivity contribution in [1.29, 1.82) is 0 Å². The molecule has 7 nitrogen and oxygen atoms in total. The second-order valence-electron chi connectivity index (χ2n) is 9.31. The first-order valence-electron chi connectivity index (χ1n) is 11.9. The number of hydrogen-bond donors (Lipinski definition) is 3. The number of nitrogens with zero attached hydrogens (tertiary/aromatic N) is 1. The Balaban J connectivity index is 1.15. The molecule has 3 saturated heterocycles. The van der Waals surface area contributed by atoms with Crippen LogP contribution < -0.4 is 10.6 Å². The molecule has 4 atom stereocenters. The summed E-state index contributed by atoms with van der Waals surface area (Å²) in [5.41, 5.74) is 3.54. The van der Waals surface area contributed by atoms with E-state index in [1.165, 1.54) is 11.1 Å². The molecule has 0 saturated carbocycles. The molecule has 174 valence electrons. The standard InChI is InChI=1S/C26H31N3O4/c30-24(23-12-19-4-1-2-5-20(19)13-27-23)14-28-25(31)17-8-10-18(11-9-17)26(32)29-15-22-7-3-6-21(29)16-33-22/h1-2,4-5,8-11,21-24,27,30H,3,6-7,12-16H2,(H,28,31)/t21?,22?,23-,24+/m0/s1. The summed E-state index contributed by atoms with van der Waals surface area (Å²) in [6.45, 7) is 2.13. The predicted molar refractivity (Wildman–Crippen MR) is 124 cm³/mol. The number of hydrogen-bond acceptors (Lipinski definition) is 5. The molecule has 2 aromatic carbocycles. The Kier molecular flexibility index (Phi) is 6.44. The lowest BCUT2D eigenvalue weighted by Crippen LogP contribution is -2.50. The van der Waals surface area contributed by atoms with Gasteiger partial charge in [0.1, 0.15) is 0 Å². The first-order valence-corrected chi connectivity index (χ1v) is 11.9. The molecule has 7 heteroatoms. The van der Waals surface area contributed by atoms with Gasteiger partial charge in [0, 0.05) is 36.8 Å². The third kappa shape index (κ3) is 4.81. The molecular weight excluding hydrogens is 418 g/mol. The van der Waals surface area contributed by atoms with Crippen LogP contribution in [0.2, 0.25) is 0 Å². The molecular formula is C26H31N3O4. The van der Waals surface area contributed by atoms with Gasteiger partial charge in [-0.05, 0) is 61.1 Å². The molecule has 2 amide bonds. The number of ether oxygens (including phenoxy) is 1. The summed E-state index contributed by atoms with van der Waals surface area (Å²) in [6.07, 6.45) is 3.25. The van der Waals surface area contributed by atoms with E-state index in [0.29, 0.717) is 30.8 Å². The van der Waals surface area contributed by atoms with Gasteiger partial charge in [-0.2, -0.15) is 0 Å². The van der Waals surface area contributed by atoms with Crippen LogP contribution in [0.15, 0.2) is 48.5 Å². The molecule has 2 aromatic rings. The molecule has 3 N–H and O–H groups in total. The molecule has 2 unspecified atom stereocenters. The Labute approximate surface area is 194 Å². The molecule has 4 heterocycles. The summed E-state index contributed by atoms with van der Waals surface area (Å²) in [6, 6.07) is 15.0. The summed E-state index contributed by atoms with van der Waals surface area (Å²) < 4.78 is 5.80. The van der Waals surface area contributed by atoms with Crippen LogP contribution in [0, 0.1) is 0 Å². The fourth-order valence-corrected chi connectivity index (χ4v) is 5.12. The molecule has 0 radical (unpaired) electrons. The lowest BCUT2D eigenvalue weighted by atomic mass is 9.93. The van der Waals surface area contributed by atoms with Crippen LogP contribution >= 0.6 is 0 Å². The highest BCUT2D eigenvalue weighted by Gasteiger charge is 2.35. The van der Waals surface area contributed by atoms with Crippen molar-refractivity contribution >= 4 is 11.8 Å². The van der Waals surface area contributed by atoms with E-state index in [4.69, 9.17) is 4.74 Å². The minimum Gasteiger partial charge on any atom is -0.390 e. The lowest BCUT2D eigenvalue weighted by Gasteiger charge is -2.36. The van der Waals surface area contributed by atoms with Gasteiger partial charge in [0.05, 0.1) is 24.9 Å². The van der Waals surface area contributed by atoms with E-state index in [2.05, 4.69) is 22.8 Å². The molecule has 2 bridgehead atoms. The highest BCUT2D eigenvalue weighted by molar-refractivity contribution is 5.98. The second kappa shape index (κ2) is 9.63. The number of carbonyl (C=O) groups is 2. The Hall–Kier alpha value is -2.74. The van der Waals surface area contributed by atoms with Crippen LogP contribution in [0.25, 0.3) is 0 Å². The van der Waals surface area contributed by atoms with Gasteiger partial charge >= 0.3 is 0 Å². The van der Waals surface area contributed by atoms with Crippen LogP contribution in [0.1, 0.15) is 51.1 Å². The molecule has 4 aliphatic heterocycles. The van der Waals surface area contributed by atoms with Gasteiger partial charge in [-0.1, -0.05) is 24.3 Å². The fraction of sp³-hybridized carbons (Fsp3) is 0.462. The van der Waals surface area contributed by atoms with Crippen LogP contribution in [-0.4, -0.2) is 65.8 Å². The highest BCUT2D eigenvalue weighted by atomic mass is 16.5. The van der Waals surface area contributed by atoms with Crippen molar-refractivity contribution in [2.24, 2.45) is 0 Å². The van der Waals surface area contributed by atoms with Gasteiger partial charge in [-0.15, -0.1) is 0 Å². The van der Waals surface area contributed by atoms with E-state index in [0.717, 1.165) is 25.7 Å². The zero-order chi connectivity index (χ0) is 22.8. The van der Waals surface area contributed by atoms with Crippen molar-refractivity contribution in [3.05, 3.63) is 70.8 Å². The Morgan fingerprint density at radius 3 is 2.67 bits per heavy atom. The number of benzene rings is 2. The van der Waals surface area contributed by atoms with Crippen molar-refractivity contribution in [3.8, 4) is 0 Å². The number of fused-ring (bicyclic) bond motifs is 5. The van der Waals surface area contributed by atoms with E-state index in [1.807, 2.05) is 17.0 Å². The molecule has 6 rings (SSSR count). The zero-order valence-corrected chi connectivity index (χ0v) is 18.7. The Morgan fingerprint density at radius 1 is 1.09 bits per heavy atom. The van der Waals surface area contributed by atoms with E-state index < -0.39 is 6.10 Å². The lowest BCUT2D eigenvalue weighted by molar-refractivity contribution is -0.0393. The van der Waals surface area contributed by atoms with Crippen molar-refractivity contribution < 1.29 is 19.4 Å². The quantitative estimate of drug-likeness (QED) is 0.649. The fourth-order valence-electron chi connectivity index (χ4n) is 5.12. The van der Waals surface area contributed by atoms with Gasteiger partial charge in [-0.25, -0.2) is 0 Å². The number of carbonyl (C=O) groups excluding carboxylic acids is 2. The third-order valence-corrected chi connectivity index (χ3v) is 7.13. The van der Waals surface area contributed by atoms with Crippen molar-refractivity contribution in [2.45, 2.75) is 56.5 Å². The van der Waals surface area contributed by atoms with Crippen LogP contribution in [0.4, 0.5) is 0 Å². The Bertz CT molecular complexity index is 1000. The average Bonchev–Trinajstić information content (AvgIpc) is 3.22. The summed E-state index contributed by atoms with van der Waals surface area (Å²) in [4.78, 5) is 27.6. The summed E-state index contributed by atoms with van der Waals surface area (Å²) in [7, 11) is 0. The van der Waals surface area contributed by atoms with Gasteiger partial charge in [0.25, 0.3) is 11.8 Å². The normalized spacial score (nSPS) is 25.1. The topological polar surface area (TPSA) is 90.9 Å². The maximum absolute atomic E-state index is 13.0. The number of nitrogens with one attached hydrogen (secondary N) is 2. The molecule has 0 aliphatic carbocycles.